The van der Waals surface area contributed by atoms with Gasteiger partial charge >= 0.3 is 0 Å². The molecule has 1 spiro atoms. The predicted octanol–water partition coefficient (Wildman–Crippen LogP) is 1.54. The molecule has 1 atom stereocenters. The van der Waals surface area contributed by atoms with E-state index in [-0.39, 0.29) is 12.2 Å². The Morgan fingerprint density at radius 2 is 2.17 bits per heavy atom. The molecule has 1 aromatic heterocycles. The summed E-state index contributed by atoms with van der Waals surface area (Å²) >= 11 is 0. The number of piperidine rings is 1. The van der Waals surface area contributed by atoms with Gasteiger partial charge in [0.15, 0.2) is 5.69 Å². The van der Waals surface area contributed by atoms with Crippen molar-refractivity contribution in [1.29, 1.82) is 0 Å². The van der Waals surface area contributed by atoms with Crippen molar-refractivity contribution in [2.24, 2.45) is 5.41 Å². The molecule has 3 heterocycles. The van der Waals surface area contributed by atoms with E-state index in [1.165, 1.54) is 6.07 Å². The van der Waals surface area contributed by atoms with Gasteiger partial charge in [0.2, 0.25) is 5.91 Å². The second kappa shape index (κ2) is 4.75. The smallest absolute Gasteiger partial charge is 0.276 e. The Morgan fingerprint density at radius 3 is 2.83 bits per heavy atom. The van der Waals surface area contributed by atoms with Crippen LogP contribution in [0.1, 0.15) is 47.8 Å². The molecule has 0 bridgehead atoms. The lowest BCUT2D eigenvalue weighted by Gasteiger charge is -2.42. The number of aromatic nitrogens is 1. The largest absolute Gasteiger partial charge is 0.360 e. The molecule has 124 valence electrons. The van der Waals surface area contributed by atoms with Crippen LogP contribution < -0.4 is 5.32 Å². The highest BCUT2D eigenvalue weighted by atomic mass is 19.3. The van der Waals surface area contributed by atoms with E-state index in [2.05, 4.69) is 10.5 Å². The Bertz CT molecular complexity index is 671. The minimum Gasteiger partial charge on any atom is -0.360 e. The molecular weight excluding hydrogens is 308 g/mol. The molecule has 1 aliphatic carbocycles. The average molecular weight is 325 g/mol. The highest BCUT2D eigenvalue weighted by Crippen LogP contribution is 2.44. The van der Waals surface area contributed by atoms with Crippen LogP contribution in [0.5, 0.6) is 0 Å². The van der Waals surface area contributed by atoms with Gasteiger partial charge in [-0.1, -0.05) is 5.16 Å². The van der Waals surface area contributed by atoms with Gasteiger partial charge in [-0.2, -0.15) is 0 Å². The SMILES string of the molecule is O=C(c1cc(C2CC2)on1)N1CC(F)(F)C[C@]2(CCNC2=O)C1. The summed E-state index contributed by atoms with van der Waals surface area (Å²) in [5.41, 5.74) is -1.15. The average Bonchev–Trinajstić information content (AvgIpc) is 3.12. The summed E-state index contributed by atoms with van der Waals surface area (Å²) in [6, 6.07) is 1.54. The number of hydrogen-bond acceptors (Lipinski definition) is 4. The van der Waals surface area contributed by atoms with Crippen LogP contribution in [0.4, 0.5) is 8.78 Å². The zero-order chi connectivity index (χ0) is 16.2. The molecule has 1 aromatic rings. The molecule has 1 saturated carbocycles. The van der Waals surface area contributed by atoms with Crippen LogP contribution in [0.3, 0.4) is 0 Å². The first-order valence-corrected chi connectivity index (χ1v) is 7.81. The third-order valence-corrected chi connectivity index (χ3v) is 4.90. The number of nitrogens with one attached hydrogen (secondary N) is 1. The van der Waals surface area contributed by atoms with Gasteiger partial charge in [0.25, 0.3) is 11.8 Å². The highest BCUT2D eigenvalue weighted by Gasteiger charge is 2.56. The van der Waals surface area contributed by atoms with Crippen molar-refractivity contribution in [3.8, 4) is 0 Å². The molecule has 0 radical (unpaired) electrons. The topological polar surface area (TPSA) is 75.4 Å². The number of hydrogen-bond donors (Lipinski definition) is 1. The zero-order valence-electron chi connectivity index (χ0n) is 12.5. The first kappa shape index (κ1) is 14.6. The fraction of sp³-hybridized carbons (Fsp3) is 0.667. The van der Waals surface area contributed by atoms with Gasteiger partial charge in [0.1, 0.15) is 5.76 Å². The highest BCUT2D eigenvalue weighted by molar-refractivity contribution is 5.93. The van der Waals surface area contributed by atoms with Crippen LogP contribution in [0.25, 0.3) is 0 Å². The summed E-state index contributed by atoms with van der Waals surface area (Å²) in [6.45, 7) is -0.321. The Labute approximate surface area is 131 Å². The molecule has 6 nitrogen and oxygen atoms in total. The maximum Gasteiger partial charge on any atom is 0.276 e. The fourth-order valence-electron chi connectivity index (χ4n) is 3.60. The van der Waals surface area contributed by atoms with E-state index in [1.54, 1.807) is 0 Å². The molecule has 2 aliphatic heterocycles. The summed E-state index contributed by atoms with van der Waals surface area (Å²) in [4.78, 5) is 25.6. The minimum absolute atomic E-state index is 0.00111. The number of rotatable bonds is 2. The third kappa shape index (κ3) is 2.49. The number of nitrogens with zero attached hydrogens (tertiary/aromatic N) is 2. The van der Waals surface area contributed by atoms with Gasteiger partial charge in [-0.3, -0.25) is 9.59 Å². The Balaban J connectivity index is 1.58. The second-order valence-electron chi connectivity index (χ2n) is 6.87. The summed E-state index contributed by atoms with van der Waals surface area (Å²) in [5.74, 6) is -3.16. The first-order valence-electron chi connectivity index (χ1n) is 7.81. The van der Waals surface area contributed by atoms with E-state index in [0.717, 1.165) is 17.7 Å². The van der Waals surface area contributed by atoms with Crippen molar-refractivity contribution in [3.05, 3.63) is 17.5 Å². The Morgan fingerprint density at radius 1 is 1.39 bits per heavy atom. The lowest BCUT2D eigenvalue weighted by atomic mass is 9.77. The lowest BCUT2D eigenvalue weighted by Crippen LogP contribution is -2.56. The van der Waals surface area contributed by atoms with Crippen molar-refractivity contribution in [2.45, 2.75) is 37.5 Å². The molecular formula is C15H17F2N3O3. The van der Waals surface area contributed by atoms with E-state index >= 15 is 0 Å². The predicted molar refractivity (Wildman–Crippen MR) is 74.0 cm³/mol. The minimum atomic E-state index is -3.08. The van der Waals surface area contributed by atoms with E-state index in [1.807, 2.05) is 0 Å². The standard InChI is InChI=1S/C15H17F2N3O3/c16-15(17)6-14(3-4-18-13(14)22)7-20(8-15)12(21)10-5-11(23-19-10)9-1-2-9/h5,9H,1-4,6-8H2,(H,18,22)/t14-/m1/s1. The fourth-order valence-corrected chi connectivity index (χ4v) is 3.60. The van der Waals surface area contributed by atoms with Gasteiger partial charge < -0.3 is 14.7 Å². The Kier molecular flexibility index (Phi) is 3.01. The van der Waals surface area contributed by atoms with Crippen LogP contribution in [0.2, 0.25) is 0 Å². The van der Waals surface area contributed by atoms with Crippen molar-refractivity contribution >= 4 is 11.8 Å². The van der Waals surface area contributed by atoms with E-state index in [9.17, 15) is 18.4 Å². The zero-order valence-corrected chi connectivity index (χ0v) is 12.5. The molecule has 0 aromatic carbocycles. The maximum atomic E-state index is 14.1. The van der Waals surface area contributed by atoms with E-state index in [4.69, 9.17) is 4.52 Å². The summed E-state index contributed by atoms with van der Waals surface area (Å²) in [5, 5.41) is 6.32. The number of carbonyl (C=O) groups excluding carboxylic acids is 2. The number of carbonyl (C=O) groups is 2. The molecule has 0 unspecified atom stereocenters. The first-order chi connectivity index (χ1) is 10.9. The van der Waals surface area contributed by atoms with Crippen LogP contribution in [-0.2, 0) is 4.79 Å². The van der Waals surface area contributed by atoms with E-state index in [0.29, 0.717) is 24.6 Å². The molecule has 1 N–H and O–H groups in total. The lowest BCUT2D eigenvalue weighted by molar-refractivity contribution is -0.144. The quantitative estimate of drug-likeness (QED) is 0.895. The number of amides is 2. The molecule has 8 heteroatoms. The van der Waals surface area contributed by atoms with Crippen LogP contribution in [-0.4, -0.2) is 47.4 Å². The van der Waals surface area contributed by atoms with Gasteiger partial charge in [-0.15, -0.1) is 0 Å². The summed E-state index contributed by atoms with van der Waals surface area (Å²) in [6.07, 6.45) is 1.79. The summed E-state index contributed by atoms with van der Waals surface area (Å²) < 4.78 is 33.4. The molecule has 4 rings (SSSR count). The number of likely N-dealkylation sites (tertiary alicyclic amines) is 1. The van der Waals surface area contributed by atoms with Crippen molar-refractivity contribution in [1.82, 2.24) is 15.4 Å². The molecule has 3 fully saturated rings. The molecule has 3 aliphatic rings. The van der Waals surface area contributed by atoms with Crippen molar-refractivity contribution in [2.75, 3.05) is 19.6 Å². The number of alkyl halides is 2. The summed E-state index contributed by atoms with van der Waals surface area (Å²) in [7, 11) is 0. The van der Waals surface area contributed by atoms with Crippen LogP contribution >= 0.6 is 0 Å². The van der Waals surface area contributed by atoms with Gasteiger partial charge in [0, 0.05) is 31.5 Å². The van der Waals surface area contributed by atoms with E-state index < -0.39 is 36.1 Å². The van der Waals surface area contributed by atoms with Gasteiger partial charge in [-0.25, -0.2) is 8.78 Å². The number of halogens is 2. The molecule has 2 saturated heterocycles. The van der Waals surface area contributed by atoms with Gasteiger partial charge in [-0.05, 0) is 19.3 Å². The van der Waals surface area contributed by atoms with Crippen LogP contribution in [0.15, 0.2) is 10.6 Å². The second-order valence-corrected chi connectivity index (χ2v) is 6.87. The van der Waals surface area contributed by atoms with Crippen molar-refractivity contribution in [3.63, 3.8) is 0 Å². The van der Waals surface area contributed by atoms with Crippen molar-refractivity contribution < 1.29 is 22.9 Å². The monoisotopic (exact) mass is 325 g/mol. The molecule has 2 amide bonds. The normalized spacial score (nSPS) is 29.8. The molecule has 23 heavy (non-hydrogen) atoms. The maximum absolute atomic E-state index is 14.1. The van der Waals surface area contributed by atoms with Gasteiger partial charge in [0.05, 0.1) is 12.0 Å². The van der Waals surface area contributed by atoms with Crippen LogP contribution in [0, 0.1) is 5.41 Å². The Hall–Kier alpha value is -1.99. The third-order valence-electron chi connectivity index (χ3n) is 4.90.